The Morgan fingerprint density at radius 3 is 1.38 bits per heavy atom. The largest absolute Gasteiger partial charge is 0.421 e. The van der Waals surface area contributed by atoms with E-state index in [2.05, 4.69) is 0 Å². The highest BCUT2D eigenvalue weighted by Crippen LogP contribution is 2.30. The highest BCUT2D eigenvalue weighted by Gasteiger charge is 2.27. The van der Waals surface area contributed by atoms with E-state index < -0.39 is 59.3 Å². The van der Waals surface area contributed by atoms with E-state index in [4.69, 9.17) is 9.47 Å². The van der Waals surface area contributed by atoms with E-state index >= 15 is 0 Å². The van der Waals surface area contributed by atoms with Crippen LogP contribution in [0.3, 0.4) is 0 Å². The minimum absolute atomic E-state index is 0.237. The Morgan fingerprint density at radius 1 is 0.750 bits per heavy atom. The number of halogens is 4. The number of carbonyl (C=O) groups excluding carboxylic acids is 2. The minimum Gasteiger partial charge on any atom is -0.421 e. The van der Waals surface area contributed by atoms with Crippen LogP contribution in [-0.2, 0) is 9.59 Å². The molecule has 0 heterocycles. The number of hydrogen-bond acceptors (Lipinski definition) is 4. The summed E-state index contributed by atoms with van der Waals surface area (Å²) in [6, 6.07) is 7.00. The van der Waals surface area contributed by atoms with Gasteiger partial charge in [-0.05, 0) is 47.2 Å². The zero-order valence-electron chi connectivity index (χ0n) is 18.3. The number of hydrogen-bond donors (Lipinski definition) is 0. The van der Waals surface area contributed by atoms with Gasteiger partial charge in [-0.3, -0.25) is 0 Å². The maximum atomic E-state index is 14.4. The molecule has 0 spiro atoms. The van der Waals surface area contributed by atoms with E-state index in [0.29, 0.717) is 12.8 Å². The van der Waals surface area contributed by atoms with Crippen LogP contribution in [0.1, 0.15) is 40.5 Å². The molecule has 4 unspecified atom stereocenters. The van der Waals surface area contributed by atoms with E-state index in [0.717, 1.165) is 24.3 Å². The number of esters is 2. The average molecular weight is 454 g/mol. The molecule has 0 aliphatic rings. The molecule has 0 bridgehead atoms. The van der Waals surface area contributed by atoms with Crippen molar-refractivity contribution in [3.8, 4) is 22.6 Å². The molecule has 0 aliphatic heterocycles. The lowest BCUT2D eigenvalue weighted by Gasteiger charge is -2.15. The molecular weight excluding hydrogens is 428 g/mol. The van der Waals surface area contributed by atoms with Gasteiger partial charge in [-0.15, -0.1) is 0 Å². The zero-order chi connectivity index (χ0) is 24.0. The zero-order valence-corrected chi connectivity index (χ0v) is 18.3. The molecule has 32 heavy (non-hydrogen) atoms. The van der Waals surface area contributed by atoms with Crippen molar-refractivity contribution in [2.24, 2.45) is 11.8 Å². The summed E-state index contributed by atoms with van der Waals surface area (Å²) in [6.07, 6.45) is -2.93. The van der Waals surface area contributed by atoms with E-state index in [9.17, 15) is 27.2 Å². The fraction of sp³-hybridized carbons (Fsp3) is 0.417. The van der Waals surface area contributed by atoms with Gasteiger partial charge < -0.3 is 9.47 Å². The van der Waals surface area contributed by atoms with Crippen molar-refractivity contribution in [2.75, 3.05) is 0 Å². The summed E-state index contributed by atoms with van der Waals surface area (Å²) in [6.45, 7) is 6.51. The monoisotopic (exact) mass is 454 g/mol. The van der Waals surface area contributed by atoms with E-state index in [1.807, 2.05) is 0 Å². The summed E-state index contributed by atoms with van der Waals surface area (Å²) < 4.78 is 66.3. The third-order valence-electron chi connectivity index (χ3n) is 5.36. The van der Waals surface area contributed by atoms with E-state index in [1.54, 1.807) is 27.7 Å². The Balaban J connectivity index is 2.16. The molecule has 174 valence electrons. The van der Waals surface area contributed by atoms with Crippen molar-refractivity contribution < 1.29 is 36.6 Å². The molecule has 0 saturated heterocycles. The summed E-state index contributed by atoms with van der Waals surface area (Å²) in [5.41, 5.74) is 0.474. The standard InChI is InChI=1S/C24H26F4O4/c1-5-13(3)21(27)23(29)31-19-9-7-15(11-17(19)25)16-8-10-20(18(26)12-16)32-24(30)22(28)14(4)6-2/h7-14,21-22H,5-6H2,1-4H3. The van der Waals surface area contributed by atoms with Crippen LogP contribution in [0.2, 0.25) is 0 Å². The molecule has 2 aromatic carbocycles. The predicted octanol–water partition coefficient (Wildman–Crippen LogP) is 6.21. The second-order valence-electron chi connectivity index (χ2n) is 7.71. The molecule has 4 atom stereocenters. The molecule has 0 saturated carbocycles. The molecule has 0 radical (unpaired) electrons. The first-order valence-corrected chi connectivity index (χ1v) is 10.4. The highest BCUT2D eigenvalue weighted by molar-refractivity contribution is 5.78. The van der Waals surface area contributed by atoms with Gasteiger partial charge in [0.2, 0.25) is 0 Å². The fourth-order valence-electron chi connectivity index (χ4n) is 2.73. The number of ether oxygens (including phenoxy) is 2. The second-order valence-corrected chi connectivity index (χ2v) is 7.71. The van der Waals surface area contributed by atoms with Gasteiger partial charge in [0.05, 0.1) is 0 Å². The Morgan fingerprint density at radius 2 is 1.09 bits per heavy atom. The SMILES string of the molecule is CCC(C)C(F)C(=O)Oc1ccc(-c2ccc(OC(=O)C(F)C(C)CC)c(F)c2)cc1F. The Kier molecular flexibility index (Phi) is 8.80. The normalized spacial score (nSPS) is 14.9. The molecule has 8 heteroatoms. The molecule has 4 nitrogen and oxygen atoms in total. The van der Waals surface area contributed by atoms with Crippen LogP contribution in [0.25, 0.3) is 11.1 Å². The van der Waals surface area contributed by atoms with Gasteiger partial charge in [-0.2, -0.15) is 0 Å². The summed E-state index contributed by atoms with van der Waals surface area (Å²) >= 11 is 0. The van der Waals surface area contributed by atoms with Crippen molar-refractivity contribution in [3.63, 3.8) is 0 Å². The second kappa shape index (κ2) is 11.1. The van der Waals surface area contributed by atoms with Gasteiger partial charge >= 0.3 is 11.9 Å². The topological polar surface area (TPSA) is 52.6 Å². The van der Waals surface area contributed by atoms with Gasteiger partial charge in [0, 0.05) is 0 Å². The molecule has 2 rings (SSSR count). The van der Waals surface area contributed by atoms with Crippen molar-refractivity contribution in [1.29, 1.82) is 0 Å². The maximum absolute atomic E-state index is 14.4. The van der Waals surface area contributed by atoms with Crippen molar-refractivity contribution in [3.05, 3.63) is 48.0 Å². The Bertz CT molecular complexity index is 886. The van der Waals surface area contributed by atoms with Crippen LogP contribution in [0.5, 0.6) is 11.5 Å². The Labute approximate surface area is 184 Å². The van der Waals surface area contributed by atoms with Crippen molar-refractivity contribution >= 4 is 11.9 Å². The molecular formula is C24H26F4O4. The first-order valence-electron chi connectivity index (χ1n) is 10.4. The summed E-state index contributed by atoms with van der Waals surface area (Å²) in [7, 11) is 0. The molecule has 0 fully saturated rings. The summed E-state index contributed by atoms with van der Waals surface area (Å²) in [5, 5.41) is 0. The van der Waals surface area contributed by atoms with Gasteiger partial charge in [0.15, 0.2) is 35.5 Å². The highest BCUT2D eigenvalue weighted by atomic mass is 19.1. The van der Waals surface area contributed by atoms with E-state index in [1.165, 1.54) is 12.1 Å². The summed E-state index contributed by atoms with van der Waals surface area (Å²) in [4.78, 5) is 23.6. The third-order valence-corrected chi connectivity index (χ3v) is 5.36. The Hall–Kier alpha value is -2.90. The number of benzene rings is 2. The third kappa shape index (κ3) is 6.08. The van der Waals surface area contributed by atoms with Crippen LogP contribution < -0.4 is 9.47 Å². The molecule has 0 amide bonds. The van der Waals surface area contributed by atoms with Crippen LogP contribution in [0.15, 0.2) is 36.4 Å². The molecule has 0 aromatic heterocycles. The number of carbonyl (C=O) groups is 2. The average Bonchev–Trinajstić information content (AvgIpc) is 2.79. The van der Waals surface area contributed by atoms with Gasteiger partial charge in [-0.25, -0.2) is 27.2 Å². The van der Waals surface area contributed by atoms with Gasteiger partial charge in [0.1, 0.15) is 0 Å². The first-order chi connectivity index (χ1) is 15.1. The fourth-order valence-corrected chi connectivity index (χ4v) is 2.73. The first kappa shape index (κ1) is 25.4. The number of alkyl halides is 2. The van der Waals surface area contributed by atoms with Crippen LogP contribution in [0.4, 0.5) is 17.6 Å². The number of rotatable bonds is 9. The maximum Gasteiger partial charge on any atom is 0.346 e. The lowest BCUT2D eigenvalue weighted by Crippen LogP contribution is -2.28. The minimum atomic E-state index is -1.88. The molecule has 0 aliphatic carbocycles. The smallest absolute Gasteiger partial charge is 0.346 e. The van der Waals surface area contributed by atoms with Crippen LogP contribution in [0, 0.1) is 23.5 Å². The van der Waals surface area contributed by atoms with Gasteiger partial charge in [0.25, 0.3) is 0 Å². The van der Waals surface area contributed by atoms with Gasteiger partial charge in [-0.1, -0.05) is 52.7 Å². The predicted molar refractivity (Wildman–Crippen MR) is 112 cm³/mol. The quantitative estimate of drug-likeness (QED) is 0.257. The van der Waals surface area contributed by atoms with Crippen LogP contribution in [-0.4, -0.2) is 24.3 Å². The molecule has 0 N–H and O–H groups in total. The van der Waals surface area contributed by atoms with Crippen LogP contribution >= 0.6 is 0 Å². The lowest BCUT2D eigenvalue weighted by molar-refractivity contribution is -0.142. The van der Waals surface area contributed by atoms with Crippen molar-refractivity contribution in [2.45, 2.75) is 52.9 Å². The lowest BCUT2D eigenvalue weighted by atomic mass is 10.0. The van der Waals surface area contributed by atoms with E-state index in [-0.39, 0.29) is 11.1 Å². The summed E-state index contributed by atoms with van der Waals surface area (Å²) in [5.74, 6) is -6.28. The molecule has 2 aromatic rings. The van der Waals surface area contributed by atoms with Crippen molar-refractivity contribution in [1.82, 2.24) is 0 Å².